The lowest BCUT2D eigenvalue weighted by Gasteiger charge is -2.11. The summed E-state index contributed by atoms with van der Waals surface area (Å²) in [6, 6.07) is 5.96. The van der Waals surface area contributed by atoms with Crippen LogP contribution in [0.4, 0.5) is 0 Å². The first-order chi connectivity index (χ1) is 9.43. The minimum atomic E-state index is -1.76. The van der Waals surface area contributed by atoms with Crippen LogP contribution in [0.15, 0.2) is 36.4 Å². The van der Waals surface area contributed by atoms with E-state index in [2.05, 4.69) is 6.58 Å². The minimum absolute atomic E-state index is 0.0497. The molecule has 0 aromatic heterocycles. The molecular formula is C14H16O6. The summed E-state index contributed by atoms with van der Waals surface area (Å²) in [5.74, 6) is -1.28. The maximum atomic E-state index is 11.7. The molecule has 0 aliphatic rings. The van der Waals surface area contributed by atoms with E-state index in [0.717, 1.165) is 0 Å². The molecule has 20 heavy (non-hydrogen) atoms. The molecule has 108 valence electrons. The van der Waals surface area contributed by atoms with Gasteiger partial charge in [0.05, 0.1) is 5.56 Å². The summed E-state index contributed by atoms with van der Waals surface area (Å²) >= 11 is 0. The van der Waals surface area contributed by atoms with E-state index in [0.29, 0.717) is 0 Å². The number of benzene rings is 1. The highest BCUT2D eigenvalue weighted by atomic mass is 16.6. The maximum absolute atomic E-state index is 11.7. The molecule has 0 aliphatic heterocycles. The van der Waals surface area contributed by atoms with E-state index < -0.39 is 18.2 Å². The van der Waals surface area contributed by atoms with Crippen molar-refractivity contribution in [3.63, 3.8) is 0 Å². The highest BCUT2D eigenvalue weighted by Gasteiger charge is 2.16. The molecule has 6 nitrogen and oxygen atoms in total. The molecule has 0 fully saturated rings. The molecule has 0 spiro atoms. The summed E-state index contributed by atoms with van der Waals surface area (Å²) in [5, 5.41) is 18.3. The Hall–Kier alpha value is -2.18. The number of aliphatic hydroxyl groups is 2. The first kappa shape index (κ1) is 15.9. The second kappa shape index (κ2) is 7.42. The van der Waals surface area contributed by atoms with E-state index in [1.807, 2.05) is 0 Å². The van der Waals surface area contributed by atoms with Gasteiger partial charge in [-0.15, -0.1) is 0 Å². The van der Waals surface area contributed by atoms with E-state index in [9.17, 15) is 9.59 Å². The third-order valence-corrected chi connectivity index (χ3v) is 2.36. The molecule has 0 atom stereocenters. The lowest BCUT2D eigenvalue weighted by Crippen LogP contribution is -2.16. The highest BCUT2D eigenvalue weighted by molar-refractivity contribution is 5.91. The molecule has 0 radical (unpaired) electrons. The van der Waals surface area contributed by atoms with Gasteiger partial charge in [-0.1, -0.05) is 24.8 Å². The molecule has 2 N–H and O–H groups in total. The Kier molecular flexibility index (Phi) is 5.89. The van der Waals surface area contributed by atoms with Crippen molar-refractivity contribution in [3.8, 4) is 0 Å². The zero-order valence-electron chi connectivity index (χ0n) is 11.0. The monoisotopic (exact) mass is 280 g/mol. The quantitative estimate of drug-likeness (QED) is 0.349. The van der Waals surface area contributed by atoms with Gasteiger partial charge >= 0.3 is 11.9 Å². The second-order valence-corrected chi connectivity index (χ2v) is 4.01. The van der Waals surface area contributed by atoms with Crippen molar-refractivity contribution in [1.29, 1.82) is 0 Å². The number of aliphatic hydroxyl groups excluding tert-OH is 1. The summed E-state index contributed by atoms with van der Waals surface area (Å²) in [4.78, 5) is 22.8. The fourth-order valence-electron chi connectivity index (χ4n) is 1.38. The summed E-state index contributed by atoms with van der Waals surface area (Å²) < 4.78 is 9.63. The Labute approximate surface area is 116 Å². The van der Waals surface area contributed by atoms with Gasteiger partial charge in [-0.3, -0.25) is 0 Å². The van der Waals surface area contributed by atoms with E-state index in [1.54, 1.807) is 12.1 Å². The van der Waals surface area contributed by atoms with Gasteiger partial charge in [0, 0.05) is 11.1 Å². The van der Waals surface area contributed by atoms with Crippen molar-refractivity contribution < 1.29 is 29.3 Å². The van der Waals surface area contributed by atoms with Crippen molar-refractivity contribution >= 4 is 11.9 Å². The first-order valence-electron chi connectivity index (χ1n) is 5.88. The van der Waals surface area contributed by atoms with Gasteiger partial charge in [-0.05, 0) is 13.0 Å². The fourth-order valence-corrected chi connectivity index (χ4v) is 1.38. The largest absolute Gasteiger partial charge is 0.459 e. The average molecular weight is 280 g/mol. The van der Waals surface area contributed by atoms with Crippen LogP contribution in [0.25, 0.3) is 0 Å². The molecule has 1 aromatic carbocycles. The van der Waals surface area contributed by atoms with E-state index in [-0.39, 0.29) is 29.9 Å². The van der Waals surface area contributed by atoms with Gasteiger partial charge in [0.15, 0.2) is 6.29 Å². The summed E-state index contributed by atoms with van der Waals surface area (Å²) in [6.45, 7) is 4.69. The third-order valence-electron chi connectivity index (χ3n) is 2.36. The van der Waals surface area contributed by atoms with Crippen molar-refractivity contribution in [2.45, 2.75) is 13.2 Å². The molecule has 1 rings (SSSR count). The Balaban J connectivity index is 2.52. The molecule has 0 bridgehead atoms. The van der Waals surface area contributed by atoms with Crippen LogP contribution in [0, 0.1) is 0 Å². The number of hydrogen-bond donors (Lipinski definition) is 2. The van der Waals surface area contributed by atoms with Gasteiger partial charge in [-0.2, -0.15) is 0 Å². The number of hydrogen-bond acceptors (Lipinski definition) is 6. The van der Waals surface area contributed by atoms with E-state index >= 15 is 0 Å². The fraction of sp³-hybridized carbons (Fsp3) is 0.286. The summed E-state index contributed by atoms with van der Waals surface area (Å²) in [6.07, 6.45) is -1.76. The zero-order chi connectivity index (χ0) is 15.1. The number of carbonyl (C=O) groups is 2. The van der Waals surface area contributed by atoms with Crippen molar-refractivity contribution in [2.24, 2.45) is 0 Å². The van der Waals surface area contributed by atoms with Crippen LogP contribution < -0.4 is 0 Å². The normalized spacial score (nSPS) is 10.2. The molecule has 0 amide bonds. The van der Waals surface area contributed by atoms with Crippen LogP contribution >= 0.6 is 0 Å². The van der Waals surface area contributed by atoms with Crippen LogP contribution in [-0.4, -0.2) is 35.4 Å². The zero-order valence-corrected chi connectivity index (χ0v) is 11.0. The van der Waals surface area contributed by atoms with Crippen molar-refractivity contribution in [1.82, 2.24) is 0 Å². The number of ether oxygens (including phenoxy) is 2. The molecule has 0 unspecified atom stereocenters. The third kappa shape index (κ3) is 4.49. The molecule has 1 aromatic rings. The molecule has 0 saturated carbocycles. The Bertz CT molecular complexity index is 506. The second-order valence-electron chi connectivity index (χ2n) is 4.01. The summed E-state index contributed by atoms with van der Waals surface area (Å²) in [5.41, 5.74) is 0.357. The van der Waals surface area contributed by atoms with Crippen molar-refractivity contribution in [3.05, 3.63) is 47.5 Å². The van der Waals surface area contributed by atoms with E-state index in [1.165, 1.54) is 19.1 Å². The van der Waals surface area contributed by atoms with Crippen molar-refractivity contribution in [2.75, 3.05) is 13.2 Å². The van der Waals surface area contributed by atoms with Crippen LogP contribution in [0.1, 0.15) is 29.1 Å². The molecular weight excluding hydrogens is 264 g/mol. The molecule has 0 heterocycles. The summed E-state index contributed by atoms with van der Waals surface area (Å²) in [7, 11) is 0. The Morgan fingerprint density at radius 1 is 1.20 bits per heavy atom. The number of esters is 2. The van der Waals surface area contributed by atoms with Gasteiger partial charge < -0.3 is 19.7 Å². The minimum Gasteiger partial charge on any atom is -0.459 e. The average Bonchev–Trinajstić information content (AvgIpc) is 2.42. The highest BCUT2D eigenvalue weighted by Crippen LogP contribution is 2.16. The van der Waals surface area contributed by atoms with Crippen LogP contribution in [0.3, 0.4) is 0 Å². The predicted molar refractivity (Wildman–Crippen MR) is 69.7 cm³/mol. The Morgan fingerprint density at radius 3 is 2.40 bits per heavy atom. The lowest BCUT2D eigenvalue weighted by atomic mass is 10.1. The lowest BCUT2D eigenvalue weighted by molar-refractivity contribution is -0.140. The standard InChI is InChI=1S/C14H16O6/c1-9(2)13(17)19-7-8-20-14(18)11-6-4-3-5-10(11)12(15)16/h3-6,12,15-16H,1,7-8H2,2H3. The predicted octanol–water partition coefficient (Wildman–Crippen LogP) is 0.946. The first-order valence-corrected chi connectivity index (χ1v) is 5.88. The van der Waals surface area contributed by atoms with Gasteiger partial charge in [-0.25, -0.2) is 9.59 Å². The van der Waals surface area contributed by atoms with Gasteiger partial charge in [0.2, 0.25) is 0 Å². The molecule has 0 saturated heterocycles. The molecule has 0 aliphatic carbocycles. The van der Waals surface area contributed by atoms with Gasteiger partial charge in [0.25, 0.3) is 0 Å². The van der Waals surface area contributed by atoms with Crippen LogP contribution in [0.5, 0.6) is 0 Å². The smallest absolute Gasteiger partial charge is 0.338 e. The van der Waals surface area contributed by atoms with Crippen LogP contribution in [0.2, 0.25) is 0 Å². The topological polar surface area (TPSA) is 93.1 Å². The van der Waals surface area contributed by atoms with E-state index in [4.69, 9.17) is 19.7 Å². The SMILES string of the molecule is C=C(C)C(=O)OCCOC(=O)c1ccccc1C(O)O. The Morgan fingerprint density at radius 2 is 1.80 bits per heavy atom. The molecule has 6 heteroatoms. The van der Waals surface area contributed by atoms with Crippen LogP contribution in [-0.2, 0) is 14.3 Å². The number of rotatable bonds is 6. The van der Waals surface area contributed by atoms with Gasteiger partial charge in [0.1, 0.15) is 13.2 Å². The maximum Gasteiger partial charge on any atom is 0.338 e. The number of carbonyl (C=O) groups excluding carboxylic acids is 2.